The Bertz CT molecular complexity index is 1320. The number of carboxylic acids is 1. The molecule has 1 aliphatic heterocycles. The minimum Gasteiger partial charge on any atom is -0.478 e. The topological polar surface area (TPSA) is 271 Å². The third-order valence-corrected chi connectivity index (χ3v) is 5.66. The number of nitrogens with one attached hydrogen (secondary N) is 7. The second-order valence-electron chi connectivity index (χ2n) is 9.08. The Hall–Kier alpha value is -5.51. The molecule has 1 heterocycles. The smallest absolute Gasteiger partial charge is 0.330 e. The molecule has 0 spiro atoms. The minimum atomic E-state index is -1.55. The molecule has 230 valence electrons. The van der Waals surface area contributed by atoms with E-state index < -0.39 is 53.8 Å². The third-order valence-electron chi connectivity index (χ3n) is 5.66. The van der Waals surface area contributed by atoms with Crippen molar-refractivity contribution in [3.05, 3.63) is 71.2 Å². The molecule has 1 aromatic carbocycles. The number of aliphatic carboxylic acids is 1. The number of hydrogen-bond donors (Lipinski definition) is 10. The second kappa shape index (κ2) is 17.3. The van der Waals surface area contributed by atoms with Crippen LogP contribution in [0.1, 0.15) is 24.8 Å². The zero-order valence-corrected chi connectivity index (χ0v) is 23.2. The van der Waals surface area contributed by atoms with E-state index in [0.717, 1.165) is 0 Å². The minimum absolute atomic E-state index is 0.0568. The summed E-state index contributed by atoms with van der Waals surface area (Å²) < 4.78 is 0. The summed E-state index contributed by atoms with van der Waals surface area (Å²) in [6.07, 6.45) is 3.99. The Morgan fingerprint density at radius 2 is 1.63 bits per heavy atom. The van der Waals surface area contributed by atoms with Crippen molar-refractivity contribution in [2.45, 2.75) is 31.7 Å². The molecule has 0 bridgehead atoms. The number of carboxylic acid groups (broad SMARTS) is 1. The van der Waals surface area contributed by atoms with Crippen molar-refractivity contribution >= 4 is 41.5 Å². The largest absolute Gasteiger partial charge is 0.478 e. The van der Waals surface area contributed by atoms with Crippen molar-refractivity contribution in [1.82, 2.24) is 31.9 Å². The third kappa shape index (κ3) is 12.3. The Labute approximate surface area is 246 Å². The van der Waals surface area contributed by atoms with Gasteiger partial charge >= 0.3 is 5.97 Å². The number of carbonyl (C=O) groups is 6. The van der Waals surface area contributed by atoms with Crippen molar-refractivity contribution < 1.29 is 33.9 Å². The van der Waals surface area contributed by atoms with E-state index in [1.165, 1.54) is 12.2 Å². The first-order valence-corrected chi connectivity index (χ1v) is 13.2. The van der Waals surface area contributed by atoms with Crippen LogP contribution >= 0.6 is 0 Å². The molecule has 0 aromatic heterocycles. The summed E-state index contributed by atoms with van der Waals surface area (Å²) in [5.74, 6) is -6.52. The standard InChI is InChI=1S/C27H35N9O7/c28-11-5-4-9-18-24(41)34-17(10-6-12-31-27(29)30)23(40)32-15-21(37)33-20(14-22(38)39)26(43)36-19(25(42)35-18)13-16-7-2-1-3-8-16/h1-3,7-10,14,19H,4-6,11-13,15,28H2,(H,32,40)(H,33,37)(H,34,41)(H,35,42)(H,36,43)(H,38,39)(H4,29,30,31)/b17-10-,18-9-,20-14+. The number of nitrogens with two attached hydrogens (primary N) is 2. The number of amides is 5. The molecule has 2 rings (SSSR count). The SMILES string of the molecule is N=C(N)NCC/C=C1\NC(=O)/C(=C/CCCN)NC(=O)C(Cc2ccccc2)NC(=O)/C(=C\C(=O)O)NC(=O)CNC1=O. The first kappa shape index (κ1) is 33.7. The fraction of sp³-hybridized carbons (Fsp3) is 0.296. The summed E-state index contributed by atoms with van der Waals surface area (Å²) >= 11 is 0. The number of unbranched alkanes of at least 4 members (excludes halogenated alkanes) is 1. The van der Waals surface area contributed by atoms with Crippen molar-refractivity contribution in [1.29, 1.82) is 5.41 Å². The van der Waals surface area contributed by atoms with Gasteiger partial charge in [0.1, 0.15) is 23.1 Å². The first-order chi connectivity index (χ1) is 20.5. The average Bonchev–Trinajstić information content (AvgIpc) is 2.95. The van der Waals surface area contributed by atoms with Gasteiger partial charge in [-0.25, -0.2) is 4.79 Å². The highest BCUT2D eigenvalue weighted by Gasteiger charge is 2.27. The molecule has 0 aliphatic carbocycles. The Kier molecular flexibility index (Phi) is 13.6. The average molecular weight is 598 g/mol. The molecule has 1 unspecified atom stereocenters. The highest BCUT2D eigenvalue weighted by molar-refractivity contribution is 6.07. The number of allylic oxidation sites excluding steroid dienone is 1. The van der Waals surface area contributed by atoms with E-state index in [2.05, 4.69) is 31.9 Å². The van der Waals surface area contributed by atoms with Gasteiger partial charge in [0.25, 0.3) is 17.7 Å². The van der Waals surface area contributed by atoms with Crippen LogP contribution in [-0.4, -0.2) is 72.2 Å². The lowest BCUT2D eigenvalue weighted by Crippen LogP contribution is -2.51. The molecule has 1 aromatic rings. The fourth-order valence-electron chi connectivity index (χ4n) is 3.63. The van der Waals surface area contributed by atoms with Gasteiger partial charge in [0.15, 0.2) is 5.96 Å². The number of hydrogen-bond acceptors (Lipinski definition) is 8. The Morgan fingerprint density at radius 3 is 2.28 bits per heavy atom. The van der Waals surface area contributed by atoms with Gasteiger partial charge in [-0.2, -0.15) is 0 Å². The molecule has 43 heavy (non-hydrogen) atoms. The molecule has 1 fully saturated rings. The van der Waals surface area contributed by atoms with E-state index >= 15 is 0 Å². The summed E-state index contributed by atoms with van der Waals surface area (Å²) in [4.78, 5) is 76.7. The van der Waals surface area contributed by atoms with Gasteiger partial charge < -0.3 is 48.5 Å². The van der Waals surface area contributed by atoms with Crippen LogP contribution in [0.2, 0.25) is 0 Å². The first-order valence-electron chi connectivity index (χ1n) is 13.2. The predicted molar refractivity (Wildman–Crippen MR) is 154 cm³/mol. The van der Waals surface area contributed by atoms with E-state index in [1.807, 2.05) is 0 Å². The van der Waals surface area contributed by atoms with Crippen molar-refractivity contribution in [3.8, 4) is 0 Å². The van der Waals surface area contributed by atoms with Crippen LogP contribution < -0.4 is 43.4 Å². The van der Waals surface area contributed by atoms with Gasteiger partial charge in [0.2, 0.25) is 11.8 Å². The van der Waals surface area contributed by atoms with Gasteiger partial charge in [0.05, 0.1) is 12.6 Å². The van der Waals surface area contributed by atoms with Crippen LogP contribution in [0.3, 0.4) is 0 Å². The molecule has 1 atom stereocenters. The van der Waals surface area contributed by atoms with Gasteiger partial charge in [-0.05, 0) is 31.4 Å². The van der Waals surface area contributed by atoms with Gasteiger partial charge in [-0.15, -0.1) is 0 Å². The van der Waals surface area contributed by atoms with Crippen molar-refractivity contribution in [2.75, 3.05) is 19.6 Å². The van der Waals surface area contributed by atoms with E-state index in [-0.39, 0.29) is 43.2 Å². The fourth-order valence-corrected chi connectivity index (χ4v) is 3.63. The molecule has 16 nitrogen and oxygen atoms in total. The summed E-state index contributed by atoms with van der Waals surface area (Å²) in [6, 6.07) is 7.25. The van der Waals surface area contributed by atoms with Gasteiger partial charge in [-0.1, -0.05) is 42.5 Å². The number of guanidine groups is 1. The van der Waals surface area contributed by atoms with Crippen LogP contribution in [-0.2, 0) is 35.2 Å². The number of carbonyl (C=O) groups excluding carboxylic acids is 5. The maximum atomic E-state index is 13.5. The molecule has 0 radical (unpaired) electrons. The van der Waals surface area contributed by atoms with Gasteiger partial charge in [0, 0.05) is 13.0 Å². The van der Waals surface area contributed by atoms with Crippen LogP contribution in [0.4, 0.5) is 0 Å². The summed E-state index contributed by atoms with van der Waals surface area (Å²) in [6.45, 7) is -0.273. The Balaban J connectivity index is 2.54. The maximum Gasteiger partial charge on any atom is 0.330 e. The van der Waals surface area contributed by atoms with Crippen LogP contribution in [0.25, 0.3) is 0 Å². The molecule has 0 saturated carbocycles. The summed E-state index contributed by atoms with van der Waals surface area (Å²) in [7, 11) is 0. The van der Waals surface area contributed by atoms with Crippen LogP contribution in [0, 0.1) is 5.41 Å². The number of benzene rings is 1. The normalized spacial score (nSPS) is 19.8. The summed E-state index contributed by atoms with van der Waals surface area (Å²) in [5.41, 5.74) is 10.2. The van der Waals surface area contributed by atoms with E-state index in [0.29, 0.717) is 24.6 Å². The lowest BCUT2D eigenvalue weighted by atomic mass is 10.0. The highest BCUT2D eigenvalue weighted by Crippen LogP contribution is 2.07. The molecule has 1 saturated heterocycles. The monoisotopic (exact) mass is 597 g/mol. The molecular formula is C27H35N9O7. The molecule has 5 amide bonds. The molecule has 16 heteroatoms. The highest BCUT2D eigenvalue weighted by atomic mass is 16.4. The maximum absolute atomic E-state index is 13.5. The molecule has 12 N–H and O–H groups in total. The van der Waals surface area contributed by atoms with E-state index in [9.17, 15) is 33.9 Å². The van der Waals surface area contributed by atoms with Crippen molar-refractivity contribution in [3.63, 3.8) is 0 Å². The quantitative estimate of drug-likeness (QED) is 0.0620. The zero-order chi connectivity index (χ0) is 31.8. The predicted octanol–water partition coefficient (Wildman–Crippen LogP) is -2.46. The lowest BCUT2D eigenvalue weighted by molar-refractivity contribution is -0.132. The van der Waals surface area contributed by atoms with Gasteiger partial charge in [-0.3, -0.25) is 29.4 Å². The van der Waals surface area contributed by atoms with E-state index in [4.69, 9.17) is 16.9 Å². The van der Waals surface area contributed by atoms with E-state index in [1.54, 1.807) is 30.3 Å². The number of rotatable bonds is 9. The van der Waals surface area contributed by atoms with Crippen LogP contribution in [0.5, 0.6) is 0 Å². The molecule has 1 aliphatic rings. The lowest BCUT2D eigenvalue weighted by Gasteiger charge is -2.20. The Morgan fingerprint density at radius 1 is 0.953 bits per heavy atom. The second-order valence-corrected chi connectivity index (χ2v) is 9.08. The molecular weight excluding hydrogens is 562 g/mol. The zero-order valence-electron chi connectivity index (χ0n) is 23.2. The van der Waals surface area contributed by atoms with Crippen LogP contribution in [0.15, 0.2) is 65.7 Å². The summed E-state index contributed by atoms with van der Waals surface area (Å²) in [5, 5.41) is 30.8. The van der Waals surface area contributed by atoms with Crippen molar-refractivity contribution in [2.24, 2.45) is 11.5 Å².